The minimum atomic E-state index is -1.07. The maximum absolute atomic E-state index is 14.0. The molecule has 0 spiro atoms. The molecule has 0 fully saturated rings. The van der Waals surface area contributed by atoms with E-state index in [0.717, 1.165) is 0 Å². The third kappa shape index (κ3) is 4.69. The van der Waals surface area contributed by atoms with Crippen LogP contribution in [0.25, 0.3) is 11.0 Å². The van der Waals surface area contributed by atoms with Crippen LogP contribution in [-0.2, 0) is 4.79 Å². The summed E-state index contributed by atoms with van der Waals surface area (Å²) in [6.45, 7) is 4.36. The number of benzene rings is 3. The number of ether oxygens (including phenoxy) is 3. The second kappa shape index (κ2) is 10.9. The van der Waals surface area contributed by atoms with E-state index in [1.165, 1.54) is 30.2 Å². The van der Waals surface area contributed by atoms with Gasteiger partial charge in [-0.2, -0.15) is 0 Å². The number of fused-ring (bicyclic) bond motifs is 1. The topological polar surface area (TPSA) is 119 Å². The van der Waals surface area contributed by atoms with Crippen molar-refractivity contribution < 1.29 is 38.4 Å². The van der Waals surface area contributed by atoms with Gasteiger partial charge in [0.1, 0.15) is 5.75 Å². The number of Topliss-reactive ketones (excluding diaryl/α,β-unsaturated/α-hetero) is 1. The van der Waals surface area contributed by atoms with Crippen molar-refractivity contribution >= 4 is 39.9 Å². The number of phenols is 1. The first-order chi connectivity index (χ1) is 19.3. The number of furan rings is 1. The number of carbonyl (C=O) groups excluding carboxylic acids is 2. The fourth-order valence-electron chi connectivity index (χ4n) is 4.74. The van der Waals surface area contributed by atoms with Crippen LogP contribution in [0.5, 0.6) is 23.0 Å². The Hall–Kier alpha value is -4.63. The molecule has 1 aromatic heterocycles. The Kier molecular flexibility index (Phi) is 7.32. The van der Waals surface area contributed by atoms with Crippen molar-refractivity contribution in [2.24, 2.45) is 0 Å². The summed E-state index contributed by atoms with van der Waals surface area (Å²) in [6.07, 6.45) is 0. The lowest BCUT2D eigenvalue weighted by atomic mass is 9.94. The number of amides is 1. The molecule has 2 heterocycles. The highest BCUT2D eigenvalue weighted by Gasteiger charge is 2.45. The van der Waals surface area contributed by atoms with Gasteiger partial charge in [-0.25, -0.2) is 0 Å². The van der Waals surface area contributed by atoms with Crippen LogP contribution >= 0.6 is 11.6 Å². The number of nitrogens with zero attached hydrogens (tertiary/aromatic N) is 1. The third-order valence-corrected chi connectivity index (χ3v) is 6.69. The van der Waals surface area contributed by atoms with Crippen LogP contribution in [-0.4, -0.2) is 42.2 Å². The Balaban J connectivity index is 1.65. The third-order valence-electron chi connectivity index (χ3n) is 6.47. The monoisotopic (exact) mass is 563 g/mol. The lowest BCUT2D eigenvalue weighted by Gasteiger charge is -2.27. The zero-order chi connectivity index (χ0) is 28.6. The van der Waals surface area contributed by atoms with E-state index < -0.39 is 23.5 Å². The van der Waals surface area contributed by atoms with Crippen LogP contribution in [0.1, 0.15) is 36.0 Å². The normalized spacial score (nSPS) is 15.2. The van der Waals surface area contributed by atoms with Crippen molar-refractivity contribution in [2.45, 2.75) is 19.9 Å². The van der Waals surface area contributed by atoms with Gasteiger partial charge in [-0.3, -0.25) is 14.5 Å². The van der Waals surface area contributed by atoms with Gasteiger partial charge in [0.2, 0.25) is 5.78 Å². The summed E-state index contributed by atoms with van der Waals surface area (Å²) in [7, 11) is 1.45. The lowest BCUT2D eigenvalue weighted by Crippen LogP contribution is -2.31. The number of ketones is 1. The molecule has 1 aliphatic rings. The zero-order valence-corrected chi connectivity index (χ0v) is 22.7. The smallest absolute Gasteiger partial charge is 0.294 e. The van der Waals surface area contributed by atoms with Crippen molar-refractivity contribution in [3.63, 3.8) is 0 Å². The van der Waals surface area contributed by atoms with Crippen molar-refractivity contribution in [1.29, 1.82) is 0 Å². The average molecular weight is 564 g/mol. The molecule has 9 nitrogen and oxygen atoms in total. The van der Waals surface area contributed by atoms with Gasteiger partial charge in [0.05, 0.1) is 31.9 Å². The molecule has 0 radical (unpaired) electrons. The second-order valence-corrected chi connectivity index (χ2v) is 9.33. The van der Waals surface area contributed by atoms with Gasteiger partial charge >= 0.3 is 0 Å². The van der Waals surface area contributed by atoms with Gasteiger partial charge in [0.25, 0.3) is 5.91 Å². The first kappa shape index (κ1) is 27.0. The molecule has 1 unspecified atom stereocenters. The van der Waals surface area contributed by atoms with Crippen molar-refractivity contribution in [3.8, 4) is 23.0 Å². The summed E-state index contributed by atoms with van der Waals surface area (Å²) in [5.74, 6) is -1.33. The number of methoxy groups -OCH3 is 1. The van der Waals surface area contributed by atoms with E-state index in [4.69, 9.17) is 30.2 Å². The number of halogens is 1. The Morgan fingerprint density at radius 1 is 0.975 bits per heavy atom. The minimum absolute atomic E-state index is 0.107. The molecule has 2 N–H and O–H groups in total. The maximum Gasteiger partial charge on any atom is 0.294 e. The molecule has 0 bridgehead atoms. The van der Waals surface area contributed by atoms with Crippen LogP contribution in [0.3, 0.4) is 0 Å². The zero-order valence-electron chi connectivity index (χ0n) is 21.9. The maximum atomic E-state index is 14.0. The summed E-state index contributed by atoms with van der Waals surface area (Å²) in [4.78, 5) is 28.8. The van der Waals surface area contributed by atoms with Gasteiger partial charge in [0.15, 0.2) is 34.4 Å². The number of phenolic OH excluding ortho intramolecular Hbond substituents is 1. The van der Waals surface area contributed by atoms with Crippen LogP contribution in [0.2, 0.25) is 5.02 Å². The number of hydrogen-bond donors (Lipinski definition) is 2. The van der Waals surface area contributed by atoms with E-state index in [-0.39, 0.29) is 29.4 Å². The van der Waals surface area contributed by atoms with E-state index in [0.29, 0.717) is 45.3 Å². The number of aliphatic hydroxyl groups is 1. The Bertz CT molecular complexity index is 1640. The molecular weight excluding hydrogens is 538 g/mol. The van der Waals surface area contributed by atoms with Crippen molar-refractivity contribution in [1.82, 2.24) is 0 Å². The Morgan fingerprint density at radius 3 is 2.38 bits per heavy atom. The summed E-state index contributed by atoms with van der Waals surface area (Å²) in [5, 5.41) is 22.3. The average Bonchev–Trinajstić information content (AvgIpc) is 3.48. The standard InChI is InChI=1S/C30H26ClNO8/c1-4-38-20-9-7-19(8-10-20)32-26(16-6-11-21(33)22(13-16)39-5-2)25(28(35)30(32)36)27(34)23-14-17-12-18(31)15-24(37-3)29(17)40-23/h6-15,26,33,35H,4-5H2,1-3H3. The first-order valence-corrected chi connectivity index (χ1v) is 12.9. The van der Waals surface area contributed by atoms with Gasteiger partial charge < -0.3 is 28.8 Å². The molecule has 40 heavy (non-hydrogen) atoms. The fraction of sp³-hybridized carbons (Fsp3) is 0.200. The van der Waals surface area contributed by atoms with E-state index >= 15 is 0 Å². The molecule has 3 aromatic carbocycles. The van der Waals surface area contributed by atoms with Gasteiger partial charge in [-0.05, 0) is 67.9 Å². The highest BCUT2D eigenvalue weighted by molar-refractivity contribution is 6.31. The molecule has 1 amide bonds. The molecule has 4 aromatic rings. The molecule has 1 aliphatic heterocycles. The summed E-state index contributed by atoms with van der Waals surface area (Å²) in [6, 6.07) is 14.8. The Labute approximate surface area is 234 Å². The van der Waals surface area contributed by atoms with Crippen LogP contribution < -0.4 is 19.1 Å². The van der Waals surface area contributed by atoms with Crippen LogP contribution in [0.15, 0.2) is 76.4 Å². The number of aliphatic hydroxyl groups excluding tert-OH is 1. The molecule has 1 atom stereocenters. The van der Waals surface area contributed by atoms with Crippen molar-refractivity contribution in [3.05, 3.63) is 88.3 Å². The number of anilines is 1. The van der Waals surface area contributed by atoms with Crippen molar-refractivity contribution in [2.75, 3.05) is 25.2 Å². The van der Waals surface area contributed by atoms with Gasteiger partial charge in [-0.15, -0.1) is 0 Å². The second-order valence-electron chi connectivity index (χ2n) is 8.89. The molecule has 10 heteroatoms. The van der Waals surface area contributed by atoms with Crippen LogP contribution in [0, 0.1) is 0 Å². The van der Waals surface area contributed by atoms with E-state index in [9.17, 15) is 19.8 Å². The molecule has 0 saturated carbocycles. The highest BCUT2D eigenvalue weighted by Crippen LogP contribution is 2.45. The highest BCUT2D eigenvalue weighted by atomic mass is 35.5. The summed E-state index contributed by atoms with van der Waals surface area (Å²) in [5.41, 5.74) is 0.934. The van der Waals surface area contributed by atoms with Gasteiger partial charge in [0, 0.05) is 22.2 Å². The minimum Gasteiger partial charge on any atom is -0.504 e. The number of rotatable bonds is 9. The number of aromatic hydroxyl groups is 1. The quantitative estimate of drug-likeness (QED) is 0.225. The number of hydrogen-bond acceptors (Lipinski definition) is 8. The summed E-state index contributed by atoms with van der Waals surface area (Å²) >= 11 is 6.19. The lowest BCUT2D eigenvalue weighted by molar-refractivity contribution is -0.117. The van der Waals surface area contributed by atoms with E-state index in [1.54, 1.807) is 49.4 Å². The largest absolute Gasteiger partial charge is 0.504 e. The molecular formula is C30H26ClNO8. The molecule has 0 saturated heterocycles. The van der Waals surface area contributed by atoms with Crippen LogP contribution in [0.4, 0.5) is 5.69 Å². The summed E-state index contributed by atoms with van der Waals surface area (Å²) < 4.78 is 22.3. The molecule has 206 valence electrons. The van der Waals surface area contributed by atoms with E-state index in [2.05, 4.69) is 0 Å². The SMILES string of the molecule is CCOc1ccc(N2C(=O)C(O)=C(C(=O)c3cc4cc(Cl)cc(OC)c4o3)C2c2ccc(O)c(OCC)c2)cc1. The predicted octanol–water partition coefficient (Wildman–Crippen LogP) is 6.38. The molecule has 0 aliphatic carbocycles. The predicted molar refractivity (Wildman–Crippen MR) is 149 cm³/mol. The van der Waals surface area contributed by atoms with E-state index in [1.807, 2.05) is 6.92 Å². The molecule has 5 rings (SSSR count). The number of carbonyl (C=O) groups is 2. The fourth-order valence-corrected chi connectivity index (χ4v) is 4.96. The van der Waals surface area contributed by atoms with Gasteiger partial charge in [-0.1, -0.05) is 17.7 Å². The Morgan fingerprint density at radius 2 is 1.70 bits per heavy atom. The first-order valence-electron chi connectivity index (χ1n) is 12.5.